The number of rotatable bonds is 10. The summed E-state index contributed by atoms with van der Waals surface area (Å²) in [5.74, 6) is -1.83. The molecule has 2 amide bonds. The molecule has 0 aliphatic rings. The fourth-order valence-electron chi connectivity index (χ4n) is 1.84. The molecule has 0 fully saturated rings. The summed E-state index contributed by atoms with van der Waals surface area (Å²) < 4.78 is 10.2. The molecule has 0 unspecified atom stereocenters. The predicted octanol–water partition coefficient (Wildman–Crippen LogP) is 1.36. The van der Waals surface area contributed by atoms with E-state index in [9.17, 15) is 19.2 Å². The van der Waals surface area contributed by atoms with Gasteiger partial charge in [0.15, 0.2) is 0 Å². The Labute approximate surface area is 162 Å². The molecule has 0 rings (SSSR count). The maximum Gasteiger partial charge on any atom is 0.330 e. The van der Waals surface area contributed by atoms with Crippen LogP contribution in [0.2, 0.25) is 0 Å². The topological polar surface area (TPSA) is 116 Å². The maximum absolute atomic E-state index is 12.3. The first-order valence-electron chi connectivity index (χ1n) is 8.18. The second-order valence-corrected chi connectivity index (χ2v) is 8.62. The number of nitrogens with zero attached hydrogens (tertiary/aromatic N) is 1. The molecule has 0 heterocycles. The number of ether oxygens (including phenoxy) is 2. The van der Waals surface area contributed by atoms with Gasteiger partial charge in [-0.05, 0) is 27.7 Å². The summed E-state index contributed by atoms with van der Waals surface area (Å²) >= 11 is 0. The molecule has 0 bridgehead atoms. The average Bonchev–Trinajstić information content (AvgIpc) is 2.47. The van der Waals surface area contributed by atoms with E-state index in [1.165, 1.54) is 35.4 Å². The van der Waals surface area contributed by atoms with Crippen LogP contribution in [0.5, 0.6) is 0 Å². The number of carbonyl (C=O) groups is 4. The number of nitrogens with two attached hydrogens (primary N) is 1. The quantitative estimate of drug-likeness (QED) is 0.325. The monoisotopic (exact) mass is 408 g/mol. The molecule has 150 valence electrons. The lowest BCUT2D eigenvalue weighted by Crippen LogP contribution is -2.49. The molecule has 10 heteroatoms. The summed E-state index contributed by atoms with van der Waals surface area (Å²) in [5, 5.41) is 0. The van der Waals surface area contributed by atoms with E-state index in [0.29, 0.717) is 0 Å². The van der Waals surface area contributed by atoms with Crippen molar-refractivity contribution < 1.29 is 28.7 Å². The van der Waals surface area contributed by atoms with Crippen LogP contribution in [0.3, 0.4) is 0 Å². The zero-order valence-corrected chi connectivity index (χ0v) is 17.6. The minimum Gasteiger partial charge on any atom is -0.462 e. The van der Waals surface area contributed by atoms with Crippen LogP contribution >= 0.6 is 21.6 Å². The van der Waals surface area contributed by atoms with Gasteiger partial charge in [-0.2, -0.15) is 0 Å². The molecule has 0 radical (unpaired) electrons. The van der Waals surface area contributed by atoms with Crippen molar-refractivity contribution in [1.29, 1.82) is 0 Å². The Kier molecular flexibility index (Phi) is 11.6. The first-order valence-corrected chi connectivity index (χ1v) is 10.7. The number of esters is 2. The van der Waals surface area contributed by atoms with Gasteiger partial charge in [0.1, 0.15) is 12.1 Å². The molecular formula is C16H28N2O6S2. The van der Waals surface area contributed by atoms with Crippen molar-refractivity contribution in [3.05, 3.63) is 0 Å². The van der Waals surface area contributed by atoms with Crippen LogP contribution in [-0.2, 0) is 28.7 Å². The van der Waals surface area contributed by atoms with Crippen LogP contribution in [0, 0.1) is 0 Å². The van der Waals surface area contributed by atoms with Crippen molar-refractivity contribution in [1.82, 2.24) is 4.90 Å². The molecule has 0 aliphatic carbocycles. The Hall–Kier alpha value is -1.26. The molecule has 2 atom stereocenters. The first kappa shape index (κ1) is 24.7. The number of hydrogen-bond donors (Lipinski definition) is 1. The van der Waals surface area contributed by atoms with Crippen LogP contribution in [0.1, 0.15) is 41.5 Å². The van der Waals surface area contributed by atoms with Crippen LogP contribution in [0.25, 0.3) is 0 Å². The Morgan fingerprint density at radius 3 is 1.69 bits per heavy atom. The van der Waals surface area contributed by atoms with Crippen molar-refractivity contribution >= 4 is 45.3 Å². The first-order chi connectivity index (χ1) is 12.0. The van der Waals surface area contributed by atoms with E-state index in [4.69, 9.17) is 15.2 Å². The van der Waals surface area contributed by atoms with Crippen molar-refractivity contribution in [2.75, 3.05) is 11.5 Å². The Morgan fingerprint density at radius 1 is 0.846 bits per heavy atom. The molecule has 26 heavy (non-hydrogen) atoms. The third-order valence-corrected chi connectivity index (χ3v) is 5.26. The van der Waals surface area contributed by atoms with E-state index in [2.05, 4.69) is 0 Å². The number of imide groups is 1. The normalized spacial score (nSPS) is 13.3. The lowest BCUT2D eigenvalue weighted by atomic mass is 10.2. The number of carbonyl (C=O) groups excluding carboxylic acids is 4. The van der Waals surface area contributed by atoms with Crippen LogP contribution in [0.4, 0.5) is 0 Å². The number of hydrogen-bond acceptors (Lipinski definition) is 9. The van der Waals surface area contributed by atoms with Crippen molar-refractivity contribution in [2.45, 2.75) is 65.8 Å². The second-order valence-electron chi connectivity index (χ2n) is 6.07. The van der Waals surface area contributed by atoms with Gasteiger partial charge in [-0.15, -0.1) is 0 Å². The predicted molar refractivity (Wildman–Crippen MR) is 102 cm³/mol. The van der Waals surface area contributed by atoms with E-state index >= 15 is 0 Å². The molecule has 0 saturated heterocycles. The minimum absolute atomic E-state index is 0.126. The van der Waals surface area contributed by atoms with Crippen LogP contribution in [-0.4, -0.2) is 64.5 Å². The van der Waals surface area contributed by atoms with Crippen molar-refractivity contribution in [3.8, 4) is 0 Å². The Balaban J connectivity index is 4.79. The van der Waals surface area contributed by atoms with Crippen molar-refractivity contribution in [2.24, 2.45) is 5.73 Å². The Bertz CT molecular complexity index is 499. The van der Waals surface area contributed by atoms with E-state index in [1.54, 1.807) is 27.7 Å². The smallest absolute Gasteiger partial charge is 0.330 e. The fourth-order valence-corrected chi connectivity index (χ4v) is 4.13. The third kappa shape index (κ3) is 9.44. The summed E-state index contributed by atoms with van der Waals surface area (Å²) in [4.78, 5) is 48.3. The Morgan fingerprint density at radius 2 is 1.27 bits per heavy atom. The summed E-state index contributed by atoms with van der Waals surface area (Å²) in [6.45, 7) is 9.26. The van der Waals surface area contributed by atoms with Crippen LogP contribution in [0.15, 0.2) is 0 Å². The summed E-state index contributed by atoms with van der Waals surface area (Å²) in [5.41, 5.74) is 5.75. The molecule has 0 aliphatic heterocycles. The lowest BCUT2D eigenvalue weighted by molar-refractivity contribution is -0.161. The van der Waals surface area contributed by atoms with Gasteiger partial charge in [0.2, 0.25) is 11.8 Å². The van der Waals surface area contributed by atoms with E-state index in [1.807, 2.05) is 0 Å². The molecular weight excluding hydrogens is 380 g/mol. The van der Waals surface area contributed by atoms with Gasteiger partial charge in [-0.1, -0.05) is 21.6 Å². The molecule has 0 aromatic rings. The molecule has 2 N–H and O–H groups in total. The standard InChI is InChI=1S/C16H28N2O6S2/c1-9(2)23-15(21)13(17)7-25-26-8-14(16(22)24-10(3)4)18(11(5)19)12(6)20/h9-10,13-14H,7-8,17H2,1-6H3/t13-,14-/m0/s1. The zero-order chi connectivity index (χ0) is 20.4. The van der Waals surface area contributed by atoms with Gasteiger partial charge in [-0.3, -0.25) is 19.3 Å². The van der Waals surface area contributed by atoms with Gasteiger partial charge in [0, 0.05) is 25.4 Å². The minimum atomic E-state index is -1.04. The van der Waals surface area contributed by atoms with Gasteiger partial charge in [0.05, 0.1) is 12.2 Å². The molecule has 0 saturated carbocycles. The maximum atomic E-state index is 12.3. The SMILES string of the molecule is CC(=O)N(C(C)=O)[C@@H](CSSC[C@H](N)C(=O)OC(C)C)C(=O)OC(C)C. The summed E-state index contributed by atoms with van der Waals surface area (Å²) in [6, 6.07) is -1.84. The van der Waals surface area contributed by atoms with E-state index < -0.39 is 35.8 Å². The lowest BCUT2D eigenvalue weighted by Gasteiger charge is -2.27. The highest BCUT2D eigenvalue weighted by molar-refractivity contribution is 8.76. The second kappa shape index (κ2) is 12.2. The molecule has 0 aromatic heterocycles. The van der Waals surface area contributed by atoms with E-state index in [-0.39, 0.29) is 23.7 Å². The van der Waals surface area contributed by atoms with Gasteiger partial charge in [-0.25, -0.2) is 4.79 Å². The third-order valence-electron chi connectivity index (χ3n) is 2.83. The summed E-state index contributed by atoms with van der Waals surface area (Å²) in [6.07, 6.45) is -0.622. The van der Waals surface area contributed by atoms with Gasteiger partial charge >= 0.3 is 11.9 Å². The molecule has 8 nitrogen and oxygen atoms in total. The zero-order valence-electron chi connectivity index (χ0n) is 16.0. The molecule has 0 aromatic carbocycles. The molecule has 0 spiro atoms. The van der Waals surface area contributed by atoms with Gasteiger partial charge in [0.25, 0.3) is 0 Å². The highest BCUT2D eigenvalue weighted by Crippen LogP contribution is 2.25. The highest BCUT2D eigenvalue weighted by Gasteiger charge is 2.33. The largest absolute Gasteiger partial charge is 0.462 e. The van der Waals surface area contributed by atoms with Crippen molar-refractivity contribution in [3.63, 3.8) is 0 Å². The summed E-state index contributed by atoms with van der Waals surface area (Å²) in [7, 11) is 2.48. The fraction of sp³-hybridized carbons (Fsp3) is 0.750. The average molecular weight is 409 g/mol. The van der Waals surface area contributed by atoms with Crippen LogP contribution < -0.4 is 5.73 Å². The number of amides is 2. The van der Waals surface area contributed by atoms with Gasteiger partial charge < -0.3 is 15.2 Å². The van der Waals surface area contributed by atoms with E-state index in [0.717, 1.165) is 4.90 Å². The highest BCUT2D eigenvalue weighted by atomic mass is 33.1.